The maximum Gasteiger partial charge on any atom is 0.451 e. The lowest BCUT2D eigenvalue weighted by molar-refractivity contribution is -0.144. The van der Waals surface area contributed by atoms with Crippen molar-refractivity contribution in [1.82, 2.24) is 9.97 Å². The molecule has 0 saturated carbocycles. The Hall–Kier alpha value is -1.74. The zero-order valence-corrected chi connectivity index (χ0v) is 10.4. The third-order valence-electron chi connectivity index (χ3n) is 2.01. The number of nitrogens with zero attached hydrogens (tertiary/aromatic N) is 2. The van der Waals surface area contributed by atoms with E-state index in [0.717, 1.165) is 6.07 Å². The van der Waals surface area contributed by atoms with Gasteiger partial charge in [-0.25, -0.2) is 9.97 Å². The molecule has 0 saturated heterocycles. The Balaban J connectivity index is 2.97. The van der Waals surface area contributed by atoms with Gasteiger partial charge in [-0.2, -0.15) is 26.3 Å². The largest absolute Gasteiger partial charge is 0.451 e. The topological polar surface area (TPSA) is 49.8 Å². The van der Waals surface area contributed by atoms with Crippen molar-refractivity contribution in [3.63, 3.8) is 0 Å². The molecule has 1 rings (SSSR count). The minimum absolute atomic E-state index is 0.182. The molecule has 10 heteroatoms. The van der Waals surface area contributed by atoms with Gasteiger partial charge in [0, 0.05) is 12.6 Å². The van der Waals surface area contributed by atoms with Gasteiger partial charge in [0.05, 0.1) is 0 Å². The molecule has 1 aromatic heterocycles. The van der Waals surface area contributed by atoms with Crippen molar-refractivity contribution in [3.8, 4) is 0 Å². The average Bonchev–Trinajstić information content (AvgIpc) is 2.32. The zero-order chi connectivity index (χ0) is 15.4. The van der Waals surface area contributed by atoms with Crippen molar-refractivity contribution in [2.75, 3.05) is 23.7 Å². The van der Waals surface area contributed by atoms with Crippen molar-refractivity contribution in [2.45, 2.75) is 25.7 Å². The second-order valence-corrected chi connectivity index (χ2v) is 3.86. The Morgan fingerprint density at radius 1 is 1.00 bits per heavy atom. The van der Waals surface area contributed by atoms with Crippen molar-refractivity contribution in [1.29, 1.82) is 0 Å². The van der Waals surface area contributed by atoms with Crippen LogP contribution in [0.2, 0.25) is 0 Å². The lowest BCUT2D eigenvalue weighted by Crippen LogP contribution is -2.23. The molecule has 0 bridgehead atoms. The molecule has 20 heavy (non-hydrogen) atoms. The molecule has 0 aliphatic heterocycles. The summed E-state index contributed by atoms with van der Waals surface area (Å²) >= 11 is 0. The van der Waals surface area contributed by atoms with E-state index in [1.807, 2.05) is 0 Å². The van der Waals surface area contributed by atoms with E-state index in [4.69, 9.17) is 0 Å². The Morgan fingerprint density at radius 2 is 1.55 bits per heavy atom. The number of alkyl halides is 6. The van der Waals surface area contributed by atoms with E-state index in [9.17, 15) is 26.3 Å². The predicted octanol–water partition coefficient (Wildman–Crippen LogP) is 3.29. The zero-order valence-electron chi connectivity index (χ0n) is 10.4. The average molecular weight is 302 g/mol. The van der Waals surface area contributed by atoms with Gasteiger partial charge in [0.15, 0.2) is 0 Å². The van der Waals surface area contributed by atoms with E-state index in [-0.39, 0.29) is 5.82 Å². The van der Waals surface area contributed by atoms with Gasteiger partial charge in [0.25, 0.3) is 0 Å². The number of hydrogen-bond donors (Lipinski definition) is 2. The van der Waals surface area contributed by atoms with Crippen LogP contribution in [0.4, 0.5) is 38.0 Å². The van der Waals surface area contributed by atoms with Gasteiger partial charge in [-0.15, -0.1) is 0 Å². The molecule has 0 aromatic carbocycles. The summed E-state index contributed by atoms with van der Waals surface area (Å²) in [6.07, 6.45) is -8.77. The highest BCUT2D eigenvalue weighted by molar-refractivity contribution is 5.48. The minimum Gasteiger partial charge on any atom is -0.370 e. The van der Waals surface area contributed by atoms with E-state index in [0.29, 0.717) is 13.0 Å². The summed E-state index contributed by atoms with van der Waals surface area (Å²) in [5.41, 5.74) is 0. The van der Waals surface area contributed by atoms with Gasteiger partial charge in [0.2, 0.25) is 5.82 Å². The first-order chi connectivity index (χ1) is 9.12. The van der Waals surface area contributed by atoms with Crippen LogP contribution in [0.25, 0.3) is 0 Å². The standard InChI is InChI=1S/C10H12F6N4/c1-2-3-17-6-4-7(18-5-9(11,12)13)20-8(19-6)10(14,15)16/h4H,2-3,5H2,1H3,(H2,17,18,19,20). The summed E-state index contributed by atoms with van der Waals surface area (Å²) < 4.78 is 73.7. The van der Waals surface area contributed by atoms with E-state index >= 15 is 0 Å². The molecule has 0 fully saturated rings. The van der Waals surface area contributed by atoms with Crippen LogP contribution in [0.1, 0.15) is 19.2 Å². The van der Waals surface area contributed by atoms with Gasteiger partial charge in [-0.1, -0.05) is 6.92 Å². The molecule has 0 atom stereocenters. The van der Waals surface area contributed by atoms with Crippen molar-refractivity contribution < 1.29 is 26.3 Å². The smallest absolute Gasteiger partial charge is 0.370 e. The van der Waals surface area contributed by atoms with E-state index in [1.54, 1.807) is 12.2 Å². The molecular weight excluding hydrogens is 290 g/mol. The molecule has 0 spiro atoms. The van der Waals surface area contributed by atoms with Crippen molar-refractivity contribution in [3.05, 3.63) is 11.9 Å². The minimum atomic E-state index is -4.83. The van der Waals surface area contributed by atoms with Crippen LogP contribution in [0.15, 0.2) is 6.07 Å². The summed E-state index contributed by atoms with van der Waals surface area (Å²) in [5.74, 6) is -2.22. The first kappa shape index (κ1) is 16.3. The quantitative estimate of drug-likeness (QED) is 0.820. The lowest BCUT2D eigenvalue weighted by atomic mass is 10.4. The first-order valence-corrected chi connectivity index (χ1v) is 5.62. The second-order valence-electron chi connectivity index (χ2n) is 3.86. The fourth-order valence-corrected chi connectivity index (χ4v) is 1.20. The predicted molar refractivity (Wildman–Crippen MR) is 60.4 cm³/mol. The van der Waals surface area contributed by atoms with Crippen LogP contribution in [-0.4, -0.2) is 29.2 Å². The molecule has 1 aromatic rings. The third kappa shape index (κ3) is 5.49. The van der Waals surface area contributed by atoms with E-state index in [1.165, 1.54) is 0 Å². The summed E-state index contributed by atoms with van der Waals surface area (Å²) in [6.45, 7) is 0.642. The van der Waals surface area contributed by atoms with Gasteiger partial charge in [-0.05, 0) is 6.42 Å². The van der Waals surface area contributed by atoms with E-state index < -0.39 is 30.5 Å². The number of rotatable bonds is 5. The number of hydrogen-bond acceptors (Lipinski definition) is 4. The molecule has 0 radical (unpaired) electrons. The Labute approximate surface area is 110 Å². The SMILES string of the molecule is CCCNc1cc(NCC(F)(F)F)nc(C(F)(F)F)n1. The summed E-state index contributed by atoms with van der Waals surface area (Å²) in [4.78, 5) is 6.25. The van der Waals surface area contributed by atoms with E-state index in [2.05, 4.69) is 15.3 Å². The van der Waals surface area contributed by atoms with Crippen LogP contribution in [-0.2, 0) is 6.18 Å². The number of nitrogens with one attached hydrogen (secondary N) is 2. The summed E-state index contributed by atoms with van der Waals surface area (Å²) in [6, 6.07) is 0.997. The molecule has 114 valence electrons. The maximum absolute atomic E-state index is 12.5. The Bertz CT molecular complexity index is 442. The van der Waals surface area contributed by atoms with Gasteiger partial charge >= 0.3 is 12.4 Å². The highest BCUT2D eigenvalue weighted by Gasteiger charge is 2.36. The second kappa shape index (κ2) is 6.14. The molecule has 1 heterocycles. The summed E-state index contributed by atoms with van der Waals surface area (Å²) in [7, 11) is 0. The molecule has 0 aliphatic carbocycles. The molecule has 0 amide bonds. The molecule has 0 aliphatic rings. The Morgan fingerprint density at radius 3 is 2.00 bits per heavy atom. The number of anilines is 2. The first-order valence-electron chi connectivity index (χ1n) is 5.62. The highest BCUT2D eigenvalue weighted by atomic mass is 19.4. The lowest BCUT2D eigenvalue weighted by Gasteiger charge is -2.13. The van der Waals surface area contributed by atoms with Gasteiger partial charge in [-0.3, -0.25) is 0 Å². The van der Waals surface area contributed by atoms with Gasteiger partial charge in [0.1, 0.15) is 18.2 Å². The van der Waals surface area contributed by atoms with Crippen LogP contribution in [0.5, 0.6) is 0 Å². The number of aromatic nitrogens is 2. The fourth-order valence-electron chi connectivity index (χ4n) is 1.20. The van der Waals surface area contributed by atoms with Crippen molar-refractivity contribution >= 4 is 11.6 Å². The molecule has 2 N–H and O–H groups in total. The van der Waals surface area contributed by atoms with Crippen molar-refractivity contribution in [2.24, 2.45) is 0 Å². The molecule has 4 nitrogen and oxygen atoms in total. The highest BCUT2D eigenvalue weighted by Crippen LogP contribution is 2.28. The normalized spacial score (nSPS) is 12.3. The van der Waals surface area contributed by atoms with Gasteiger partial charge < -0.3 is 10.6 Å². The van der Waals surface area contributed by atoms with Crippen LogP contribution < -0.4 is 10.6 Å². The van der Waals surface area contributed by atoms with Crippen LogP contribution in [0, 0.1) is 0 Å². The van der Waals surface area contributed by atoms with Crippen LogP contribution in [0.3, 0.4) is 0 Å². The summed E-state index contributed by atoms with van der Waals surface area (Å²) in [5, 5.41) is 4.37. The van der Waals surface area contributed by atoms with Crippen LogP contribution >= 0.6 is 0 Å². The molecule has 0 unspecified atom stereocenters. The third-order valence-corrected chi connectivity index (χ3v) is 2.01. The molecular formula is C10H12F6N4. The fraction of sp³-hybridized carbons (Fsp3) is 0.600. The number of halogens is 6. The monoisotopic (exact) mass is 302 g/mol. The Kier molecular flexibility index (Phi) is 5.01. The maximum atomic E-state index is 12.5.